The van der Waals surface area contributed by atoms with Gasteiger partial charge in [0.2, 0.25) is 0 Å². The Labute approximate surface area is 130 Å². The highest BCUT2D eigenvalue weighted by molar-refractivity contribution is 7.16. The molecule has 7 heteroatoms. The number of rotatable bonds is 4. The summed E-state index contributed by atoms with van der Waals surface area (Å²) in [6.07, 6.45) is 0. The second-order valence-electron chi connectivity index (χ2n) is 4.61. The van der Waals surface area contributed by atoms with Gasteiger partial charge in [-0.25, -0.2) is 9.59 Å². The molecule has 2 rings (SSSR count). The third-order valence-corrected chi connectivity index (χ3v) is 5.17. The molecule has 0 saturated carbocycles. The topological polar surface area (TPSA) is 78.4 Å². The predicted molar refractivity (Wildman–Crippen MR) is 85.7 cm³/mol. The maximum atomic E-state index is 11.9. The van der Waals surface area contributed by atoms with E-state index in [9.17, 15) is 14.7 Å². The average molecular weight is 324 g/mol. The fourth-order valence-electron chi connectivity index (χ4n) is 1.87. The highest BCUT2D eigenvalue weighted by Gasteiger charge is 2.20. The molecule has 21 heavy (non-hydrogen) atoms. The minimum Gasteiger partial charge on any atom is -0.478 e. The van der Waals surface area contributed by atoms with Crippen molar-refractivity contribution >= 4 is 39.7 Å². The van der Waals surface area contributed by atoms with E-state index in [0.29, 0.717) is 17.1 Å². The molecule has 2 heterocycles. The van der Waals surface area contributed by atoms with Crippen LogP contribution in [0.4, 0.5) is 9.80 Å². The Morgan fingerprint density at radius 2 is 1.90 bits per heavy atom. The average Bonchev–Trinajstić information content (AvgIpc) is 2.92. The summed E-state index contributed by atoms with van der Waals surface area (Å²) in [5.41, 5.74) is 0.858. The van der Waals surface area contributed by atoms with Crippen molar-refractivity contribution in [3.63, 3.8) is 0 Å². The van der Waals surface area contributed by atoms with E-state index in [1.165, 1.54) is 16.2 Å². The second kappa shape index (κ2) is 6.28. The molecule has 0 fully saturated rings. The molecule has 2 aromatic heterocycles. The summed E-state index contributed by atoms with van der Waals surface area (Å²) < 4.78 is 0. The highest BCUT2D eigenvalue weighted by Crippen LogP contribution is 2.32. The van der Waals surface area contributed by atoms with Crippen LogP contribution in [0.15, 0.2) is 12.1 Å². The van der Waals surface area contributed by atoms with E-state index >= 15 is 0 Å². The number of nitrogens with one attached hydrogen (secondary N) is 2. The number of thiophene rings is 2. The second-order valence-corrected chi connectivity index (χ2v) is 7.21. The minimum absolute atomic E-state index is 0.166. The number of hydrogen-bond acceptors (Lipinski definition) is 4. The number of amides is 2. The van der Waals surface area contributed by atoms with Crippen LogP contribution in [0.2, 0.25) is 0 Å². The Bertz CT molecular complexity index is 688. The summed E-state index contributed by atoms with van der Waals surface area (Å²) in [6, 6.07) is 3.56. The van der Waals surface area contributed by atoms with Gasteiger partial charge < -0.3 is 10.4 Å². The SMILES string of the molecule is Cc1ccc(CNC(=O)Nc2sc(C)c(C)c2C(=O)O)s1. The van der Waals surface area contributed by atoms with Crippen LogP contribution in [0.5, 0.6) is 0 Å². The van der Waals surface area contributed by atoms with Crippen molar-refractivity contribution in [2.75, 3.05) is 5.32 Å². The lowest BCUT2D eigenvalue weighted by Gasteiger charge is -2.06. The van der Waals surface area contributed by atoms with E-state index in [-0.39, 0.29) is 5.56 Å². The number of carboxylic acid groups (broad SMARTS) is 1. The number of urea groups is 1. The van der Waals surface area contributed by atoms with Gasteiger partial charge in [0.05, 0.1) is 12.1 Å². The van der Waals surface area contributed by atoms with Crippen LogP contribution in [0.25, 0.3) is 0 Å². The quantitative estimate of drug-likeness (QED) is 0.801. The van der Waals surface area contributed by atoms with Crippen LogP contribution in [0.1, 0.15) is 30.6 Å². The Kier molecular flexibility index (Phi) is 4.64. The standard InChI is InChI=1S/C14H16N2O3S2/c1-7-4-5-10(20-7)6-15-14(19)16-12-11(13(17)18)8(2)9(3)21-12/h4-5H,6H2,1-3H3,(H,17,18)(H2,15,16,19). The van der Waals surface area contributed by atoms with Crippen LogP contribution in [-0.4, -0.2) is 17.1 Å². The van der Waals surface area contributed by atoms with Gasteiger partial charge in [0, 0.05) is 14.6 Å². The van der Waals surface area contributed by atoms with Gasteiger partial charge in [0.15, 0.2) is 0 Å². The first-order valence-electron chi connectivity index (χ1n) is 6.32. The van der Waals surface area contributed by atoms with Crippen LogP contribution in [-0.2, 0) is 6.54 Å². The molecule has 0 bridgehead atoms. The summed E-state index contributed by atoms with van der Waals surface area (Å²) in [4.78, 5) is 26.3. The van der Waals surface area contributed by atoms with Gasteiger partial charge in [-0.1, -0.05) is 0 Å². The number of aryl methyl sites for hydroxylation is 2. The Balaban J connectivity index is 2.03. The minimum atomic E-state index is -1.03. The van der Waals surface area contributed by atoms with Crippen molar-refractivity contribution < 1.29 is 14.7 Å². The third kappa shape index (κ3) is 3.62. The number of carbonyl (C=O) groups excluding carboxylic acids is 1. The maximum Gasteiger partial charge on any atom is 0.338 e. The summed E-state index contributed by atoms with van der Waals surface area (Å²) >= 11 is 2.89. The van der Waals surface area contributed by atoms with E-state index in [4.69, 9.17) is 0 Å². The summed E-state index contributed by atoms with van der Waals surface area (Å²) in [5, 5.41) is 14.9. The molecule has 5 nitrogen and oxygen atoms in total. The van der Waals surface area contributed by atoms with E-state index in [1.807, 2.05) is 26.0 Å². The number of anilines is 1. The fourth-order valence-corrected chi connectivity index (χ4v) is 3.74. The van der Waals surface area contributed by atoms with Gasteiger partial charge >= 0.3 is 12.0 Å². The fraction of sp³-hybridized carbons (Fsp3) is 0.286. The van der Waals surface area contributed by atoms with E-state index in [0.717, 1.165) is 9.75 Å². The molecule has 2 amide bonds. The zero-order valence-electron chi connectivity index (χ0n) is 11.9. The highest BCUT2D eigenvalue weighted by atomic mass is 32.1. The lowest BCUT2D eigenvalue weighted by molar-refractivity contribution is 0.0697. The Morgan fingerprint density at radius 3 is 2.48 bits per heavy atom. The van der Waals surface area contributed by atoms with Crippen LogP contribution >= 0.6 is 22.7 Å². The number of carbonyl (C=O) groups is 2. The molecule has 0 saturated heterocycles. The van der Waals surface area contributed by atoms with Gasteiger partial charge in [0.25, 0.3) is 0 Å². The van der Waals surface area contributed by atoms with Crippen molar-refractivity contribution in [1.29, 1.82) is 0 Å². The van der Waals surface area contributed by atoms with Gasteiger partial charge in [-0.3, -0.25) is 5.32 Å². The molecule has 0 radical (unpaired) electrons. The molecular weight excluding hydrogens is 308 g/mol. The predicted octanol–water partition coefficient (Wildman–Crippen LogP) is 3.75. The molecule has 0 aliphatic rings. The van der Waals surface area contributed by atoms with Crippen LogP contribution in [0.3, 0.4) is 0 Å². The summed E-state index contributed by atoms with van der Waals surface area (Å²) in [6.45, 7) is 6.01. The number of hydrogen-bond donors (Lipinski definition) is 3. The van der Waals surface area contributed by atoms with Crippen LogP contribution < -0.4 is 10.6 Å². The Hall–Kier alpha value is -1.86. The lowest BCUT2D eigenvalue weighted by atomic mass is 10.1. The number of carboxylic acids is 1. The van der Waals surface area contributed by atoms with E-state index in [2.05, 4.69) is 10.6 Å². The molecule has 0 aliphatic carbocycles. The van der Waals surface area contributed by atoms with Crippen molar-refractivity contribution in [2.45, 2.75) is 27.3 Å². The van der Waals surface area contributed by atoms with Crippen LogP contribution in [0, 0.1) is 20.8 Å². The van der Waals surface area contributed by atoms with E-state index < -0.39 is 12.0 Å². The molecule has 0 aliphatic heterocycles. The molecule has 112 valence electrons. The van der Waals surface area contributed by atoms with Gasteiger partial charge in [-0.05, 0) is 38.5 Å². The molecule has 3 N–H and O–H groups in total. The van der Waals surface area contributed by atoms with Crippen molar-refractivity contribution in [3.8, 4) is 0 Å². The summed E-state index contributed by atoms with van der Waals surface area (Å²) in [7, 11) is 0. The third-order valence-electron chi connectivity index (χ3n) is 3.05. The first kappa shape index (κ1) is 15.5. The van der Waals surface area contributed by atoms with E-state index in [1.54, 1.807) is 18.3 Å². The lowest BCUT2D eigenvalue weighted by Crippen LogP contribution is -2.28. The van der Waals surface area contributed by atoms with Crippen molar-refractivity contribution in [3.05, 3.63) is 37.9 Å². The smallest absolute Gasteiger partial charge is 0.338 e. The van der Waals surface area contributed by atoms with Gasteiger partial charge in [-0.2, -0.15) is 0 Å². The zero-order valence-corrected chi connectivity index (χ0v) is 13.6. The molecule has 0 unspecified atom stereocenters. The Morgan fingerprint density at radius 1 is 1.19 bits per heavy atom. The largest absolute Gasteiger partial charge is 0.478 e. The first-order chi connectivity index (χ1) is 9.88. The molecule has 0 spiro atoms. The molecular formula is C14H16N2O3S2. The van der Waals surface area contributed by atoms with Gasteiger partial charge in [0.1, 0.15) is 5.00 Å². The zero-order chi connectivity index (χ0) is 15.6. The maximum absolute atomic E-state index is 11.9. The first-order valence-corrected chi connectivity index (χ1v) is 7.95. The van der Waals surface area contributed by atoms with Crippen molar-refractivity contribution in [1.82, 2.24) is 5.32 Å². The summed E-state index contributed by atoms with van der Waals surface area (Å²) in [5.74, 6) is -1.03. The molecule has 2 aromatic rings. The molecule has 0 aromatic carbocycles. The van der Waals surface area contributed by atoms with Crippen molar-refractivity contribution in [2.24, 2.45) is 0 Å². The monoisotopic (exact) mass is 324 g/mol. The number of aromatic carboxylic acids is 1. The van der Waals surface area contributed by atoms with Gasteiger partial charge in [-0.15, -0.1) is 22.7 Å². The molecule has 0 atom stereocenters. The normalized spacial score (nSPS) is 10.4.